The monoisotopic (exact) mass is 157 g/mol. The molecule has 0 aromatic carbocycles. The van der Waals surface area contributed by atoms with E-state index >= 15 is 0 Å². The van der Waals surface area contributed by atoms with Crippen molar-refractivity contribution in [2.75, 3.05) is 6.61 Å². The van der Waals surface area contributed by atoms with Gasteiger partial charge in [-0.1, -0.05) is 19.8 Å². The van der Waals surface area contributed by atoms with Gasteiger partial charge in [-0.25, -0.2) is 9.90 Å². The first kappa shape index (κ1) is 10.2. The molecule has 0 atom stereocenters. The minimum Gasteiger partial charge on any atom is -0.414 e. The molecule has 3 nitrogen and oxygen atoms in total. The lowest BCUT2D eigenvalue weighted by molar-refractivity contribution is -0.117. The van der Waals surface area contributed by atoms with Gasteiger partial charge in [0, 0.05) is 0 Å². The van der Waals surface area contributed by atoms with Gasteiger partial charge in [0.1, 0.15) is 0 Å². The summed E-state index contributed by atoms with van der Waals surface area (Å²) >= 11 is 0. The third kappa shape index (κ3) is 7.06. The highest BCUT2D eigenvalue weighted by atomic mass is 16.6. The summed E-state index contributed by atoms with van der Waals surface area (Å²) in [5.74, 6) is 0.00926. The fourth-order valence-corrected chi connectivity index (χ4v) is 0.438. The average molecular weight is 157 g/mol. The van der Waals surface area contributed by atoms with E-state index in [2.05, 4.69) is 18.2 Å². The molecule has 3 heteroatoms. The molecule has 1 rings (SSSR count). The predicted octanol–water partition coefficient (Wildman–Crippen LogP) is 1.66. The molecule has 1 fully saturated rings. The van der Waals surface area contributed by atoms with E-state index in [4.69, 9.17) is 0 Å². The molecular formula is C8H13O3. The number of unbranched alkanes of at least 4 members (excludes halogenated alkanes) is 2. The number of hydrogen-bond acceptors (Lipinski definition) is 2. The lowest BCUT2D eigenvalue weighted by atomic mass is 10.3. The van der Waals surface area contributed by atoms with Crippen LogP contribution in [0.5, 0.6) is 0 Å². The van der Waals surface area contributed by atoms with Gasteiger partial charge in [-0.15, -0.1) is 0 Å². The zero-order valence-corrected chi connectivity index (χ0v) is 6.76. The van der Waals surface area contributed by atoms with E-state index in [-0.39, 0.29) is 18.3 Å². The number of hydrogen-bond donors (Lipinski definition) is 0. The van der Waals surface area contributed by atoms with E-state index in [0.29, 0.717) is 0 Å². The zero-order chi connectivity index (χ0) is 8.69. The number of epoxide rings is 1. The molecule has 0 saturated carbocycles. The van der Waals surface area contributed by atoms with Crippen LogP contribution < -0.4 is 0 Å². The fourth-order valence-electron chi connectivity index (χ4n) is 0.438. The third-order valence-electron chi connectivity index (χ3n) is 1.15. The van der Waals surface area contributed by atoms with Gasteiger partial charge in [0.15, 0.2) is 0 Å². The Hall–Kier alpha value is -0.830. The van der Waals surface area contributed by atoms with Crippen LogP contribution in [0.2, 0.25) is 0 Å². The topological polar surface area (TPSA) is 49.5 Å². The quantitative estimate of drug-likeness (QED) is 0.355. The van der Waals surface area contributed by atoms with Gasteiger partial charge < -0.3 is 4.74 Å². The highest BCUT2D eigenvalue weighted by molar-refractivity contribution is 5.99. The lowest BCUT2D eigenvalue weighted by Gasteiger charge is -1.84. The van der Waals surface area contributed by atoms with Crippen molar-refractivity contribution in [3.8, 4) is 0 Å². The smallest absolute Gasteiger partial charge is 0.379 e. The summed E-state index contributed by atoms with van der Waals surface area (Å²) in [6, 6.07) is 0. The summed E-state index contributed by atoms with van der Waals surface area (Å²) in [7, 11) is 0. The Morgan fingerprint density at radius 2 is 1.91 bits per heavy atom. The SMILES string of the molecule is C=C1OC1=O.CCCCC[O]. The normalized spacial score (nSPS) is 13.3. The van der Waals surface area contributed by atoms with Crippen LogP contribution in [-0.2, 0) is 14.6 Å². The molecular weight excluding hydrogens is 144 g/mol. The minimum absolute atomic E-state index is 0.105. The van der Waals surface area contributed by atoms with Gasteiger partial charge in [0.2, 0.25) is 5.76 Å². The van der Waals surface area contributed by atoms with Gasteiger partial charge in [0.05, 0.1) is 6.61 Å². The van der Waals surface area contributed by atoms with Crippen molar-refractivity contribution >= 4 is 5.97 Å². The summed E-state index contributed by atoms with van der Waals surface area (Å²) in [6.45, 7) is 5.37. The van der Waals surface area contributed by atoms with E-state index in [1.165, 1.54) is 0 Å². The molecule has 63 valence electrons. The fraction of sp³-hybridized carbons (Fsp3) is 0.625. The summed E-state index contributed by atoms with van der Waals surface area (Å²) in [4.78, 5) is 9.56. The highest BCUT2D eigenvalue weighted by Gasteiger charge is 2.26. The summed E-state index contributed by atoms with van der Waals surface area (Å²) in [5, 5.41) is 9.69. The molecule has 0 aromatic heterocycles. The zero-order valence-electron chi connectivity index (χ0n) is 6.76. The van der Waals surface area contributed by atoms with Crippen LogP contribution in [0.15, 0.2) is 12.3 Å². The van der Waals surface area contributed by atoms with Gasteiger partial charge in [-0.2, -0.15) is 0 Å². The molecule has 1 aliphatic rings. The standard InChI is InChI=1S/C5H11O.C3H2O2/c1-2-3-4-5-6;1-2-3(4)5-2/h2-5H2,1H3;1H2. The number of cyclic esters (lactones) is 1. The minimum atomic E-state index is -0.273. The van der Waals surface area contributed by atoms with Crippen molar-refractivity contribution < 1.29 is 14.6 Å². The van der Waals surface area contributed by atoms with Crippen molar-refractivity contribution in [3.63, 3.8) is 0 Å². The van der Waals surface area contributed by atoms with Gasteiger partial charge in [-0.3, -0.25) is 0 Å². The van der Waals surface area contributed by atoms with Crippen LogP contribution in [0.1, 0.15) is 26.2 Å². The van der Waals surface area contributed by atoms with Crippen molar-refractivity contribution in [1.82, 2.24) is 0 Å². The maximum Gasteiger partial charge on any atom is 0.379 e. The van der Waals surface area contributed by atoms with Crippen LogP contribution in [0.25, 0.3) is 0 Å². The molecule has 0 N–H and O–H groups in total. The molecule has 0 unspecified atom stereocenters. The Morgan fingerprint density at radius 3 is 2.00 bits per heavy atom. The van der Waals surface area contributed by atoms with Crippen LogP contribution in [-0.4, -0.2) is 12.6 Å². The maximum absolute atomic E-state index is 9.69. The van der Waals surface area contributed by atoms with Crippen LogP contribution in [0.3, 0.4) is 0 Å². The molecule has 11 heavy (non-hydrogen) atoms. The highest BCUT2D eigenvalue weighted by Crippen LogP contribution is 2.11. The van der Waals surface area contributed by atoms with Crippen molar-refractivity contribution in [2.45, 2.75) is 26.2 Å². The maximum atomic E-state index is 9.69. The predicted molar refractivity (Wildman–Crippen MR) is 40.3 cm³/mol. The molecule has 0 aliphatic carbocycles. The molecule has 1 radical (unpaired) electrons. The summed E-state index contributed by atoms with van der Waals surface area (Å²) in [6.07, 6.45) is 3.11. The van der Waals surface area contributed by atoms with Crippen molar-refractivity contribution in [2.24, 2.45) is 0 Å². The van der Waals surface area contributed by atoms with Crippen LogP contribution in [0.4, 0.5) is 0 Å². The van der Waals surface area contributed by atoms with E-state index in [0.717, 1.165) is 19.3 Å². The number of ether oxygens (including phenoxy) is 1. The Balaban J connectivity index is 0.000000183. The first-order chi connectivity index (χ1) is 5.22. The molecule has 0 amide bonds. The number of carbonyl (C=O) groups excluding carboxylic acids is 1. The summed E-state index contributed by atoms with van der Waals surface area (Å²) in [5.41, 5.74) is 0. The Labute approximate surface area is 66.7 Å². The molecule has 1 heterocycles. The first-order valence-corrected chi connectivity index (χ1v) is 3.71. The van der Waals surface area contributed by atoms with Crippen molar-refractivity contribution in [3.05, 3.63) is 12.3 Å². The van der Waals surface area contributed by atoms with E-state index in [1.54, 1.807) is 0 Å². The van der Waals surface area contributed by atoms with Crippen molar-refractivity contribution in [1.29, 1.82) is 0 Å². The third-order valence-corrected chi connectivity index (χ3v) is 1.15. The van der Waals surface area contributed by atoms with Crippen LogP contribution >= 0.6 is 0 Å². The average Bonchev–Trinajstić information content (AvgIpc) is 2.62. The molecule has 1 aliphatic heterocycles. The van der Waals surface area contributed by atoms with E-state index in [9.17, 15) is 9.90 Å². The Bertz CT molecular complexity index is 124. The lowest BCUT2D eigenvalue weighted by Crippen LogP contribution is -1.76. The Morgan fingerprint density at radius 1 is 1.45 bits per heavy atom. The number of carbonyl (C=O) groups is 1. The van der Waals surface area contributed by atoms with Gasteiger partial charge >= 0.3 is 5.97 Å². The van der Waals surface area contributed by atoms with Crippen LogP contribution in [0, 0.1) is 0 Å². The van der Waals surface area contributed by atoms with Gasteiger partial charge in [-0.05, 0) is 13.0 Å². The second kappa shape index (κ2) is 5.92. The second-order valence-electron chi connectivity index (χ2n) is 2.22. The largest absolute Gasteiger partial charge is 0.414 e. The molecule has 0 aromatic rings. The Kier molecular flexibility index (Phi) is 5.47. The summed E-state index contributed by atoms with van der Waals surface area (Å²) < 4.78 is 4.08. The molecule has 0 spiro atoms. The van der Waals surface area contributed by atoms with E-state index in [1.807, 2.05) is 0 Å². The molecule has 1 saturated heterocycles. The molecule has 0 bridgehead atoms. The van der Waals surface area contributed by atoms with E-state index < -0.39 is 0 Å². The first-order valence-electron chi connectivity index (χ1n) is 3.71. The second-order valence-corrected chi connectivity index (χ2v) is 2.22. The number of rotatable bonds is 3. The van der Waals surface area contributed by atoms with Gasteiger partial charge in [0.25, 0.3) is 0 Å².